The third-order valence-corrected chi connectivity index (χ3v) is 4.39. The Morgan fingerprint density at radius 3 is 2.72 bits per heavy atom. The van der Waals surface area contributed by atoms with Crippen LogP contribution in [0.3, 0.4) is 0 Å². The highest BCUT2D eigenvalue weighted by molar-refractivity contribution is 5.39. The molecule has 8 heteroatoms. The number of nitrogens with zero attached hydrogens (tertiary/aromatic N) is 6. The van der Waals surface area contributed by atoms with Crippen molar-refractivity contribution in [3.05, 3.63) is 42.2 Å². The van der Waals surface area contributed by atoms with Gasteiger partial charge >= 0.3 is 0 Å². The number of halogens is 1. The molecule has 25 heavy (non-hydrogen) atoms. The van der Waals surface area contributed by atoms with E-state index < -0.39 is 5.82 Å². The average molecular weight is 342 g/mol. The maximum absolute atomic E-state index is 12.9. The van der Waals surface area contributed by atoms with E-state index in [-0.39, 0.29) is 0 Å². The summed E-state index contributed by atoms with van der Waals surface area (Å²) in [5.74, 6) is 1.24. The lowest BCUT2D eigenvalue weighted by Gasteiger charge is -2.31. The Balaban J connectivity index is 1.31. The van der Waals surface area contributed by atoms with Gasteiger partial charge in [-0.05, 0) is 31.7 Å². The molecule has 0 unspecified atom stereocenters. The van der Waals surface area contributed by atoms with Crippen LogP contribution >= 0.6 is 0 Å². The summed E-state index contributed by atoms with van der Waals surface area (Å²) in [4.78, 5) is 14.5. The summed E-state index contributed by atoms with van der Waals surface area (Å²) >= 11 is 0. The van der Waals surface area contributed by atoms with E-state index in [9.17, 15) is 4.39 Å². The third-order valence-electron chi connectivity index (χ3n) is 4.39. The van der Waals surface area contributed by atoms with Crippen LogP contribution in [0.1, 0.15) is 18.5 Å². The molecule has 0 radical (unpaired) electrons. The van der Waals surface area contributed by atoms with Gasteiger partial charge in [0, 0.05) is 19.2 Å². The Labute approximate surface area is 144 Å². The van der Waals surface area contributed by atoms with Gasteiger partial charge in [-0.2, -0.15) is 0 Å². The van der Waals surface area contributed by atoms with Crippen molar-refractivity contribution in [3.8, 4) is 5.88 Å². The van der Waals surface area contributed by atoms with Crippen LogP contribution in [0.25, 0.3) is 5.65 Å². The van der Waals surface area contributed by atoms with Crippen LogP contribution < -0.4 is 9.64 Å². The van der Waals surface area contributed by atoms with Crippen LogP contribution in [-0.4, -0.2) is 44.3 Å². The van der Waals surface area contributed by atoms with Crippen molar-refractivity contribution in [1.82, 2.24) is 24.6 Å². The van der Waals surface area contributed by atoms with E-state index in [1.54, 1.807) is 4.52 Å². The maximum Gasteiger partial charge on any atom is 0.231 e. The summed E-state index contributed by atoms with van der Waals surface area (Å²) in [5.41, 5.74) is 1.75. The van der Waals surface area contributed by atoms with E-state index in [2.05, 4.69) is 25.0 Å². The minimum absolute atomic E-state index is 0.412. The number of fused-ring (bicyclic) bond motifs is 1. The zero-order valence-corrected chi connectivity index (χ0v) is 14.0. The van der Waals surface area contributed by atoms with E-state index in [1.165, 1.54) is 12.4 Å². The molecular formula is C17H19FN6O. The van der Waals surface area contributed by atoms with Gasteiger partial charge in [-0.3, -0.25) is 0 Å². The van der Waals surface area contributed by atoms with Crippen molar-refractivity contribution >= 4 is 11.6 Å². The molecule has 1 aliphatic heterocycles. The van der Waals surface area contributed by atoms with Gasteiger partial charge in [0.25, 0.3) is 0 Å². The van der Waals surface area contributed by atoms with Gasteiger partial charge in [0.05, 0.1) is 30.9 Å². The van der Waals surface area contributed by atoms with E-state index >= 15 is 0 Å². The molecule has 1 fully saturated rings. The van der Waals surface area contributed by atoms with Crippen LogP contribution in [0.15, 0.2) is 30.7 Å². The largest absolute Gasteiger partial charge is 0.476 e. The van der Waals surface area contributed by atoms with Crippen LogP contribution in [-0.2, 0) is 0 Å². The van der Waals surface area contributed by atoms with Gasteiger partial charge in [-0.1, -0.05) is 0 Å². The molecule has 1 aliphatic rings. The molecule has 0 atom stereocenters. The van der Waals surface area contributed by atoms with Gasteiger partial charge in [0.15, 0.2) is 11.5 Å². The molecule has 4 rings (SSSR count). The van der Waals surface area contributed by atoms with E-state index in [0.29, 0.717) is 24.4 Å². The highest BCUT2D eigenvalue weighted by atomic mass is 19.1. The molecule has 0 N–H and O–H groups in total. The van der Waals surface area contributed by atoms with E-state index in [0.717, 1.165) is 37.3 Å². The van der Waals surface area contributed by atoms with Gasteiger partial charge < -0.3 is 9.64 Å². The number of hydrogen-bond donors (Lipinski definition) is 0. The number of aromatic nitrogens is 5. The number of aryl methyl sites for hydroxylation is 1. The van der Waals surface area contributed by atoms with Crippen molar-refractivity contribution in [2.75, 3.05) is 24.6 Å². The lowest BCUT2D eigenvalue weighted by molar-refractivity contribution is 0.213. The number of hydrogen-bond acceptors (Lipinski definition) is 6. The predicted octanol–water partition coefficient (Wildman–Crippen LogP) is 2.26. The normalized spacial score (nSPS) is 15.7. The molecule has 0 amide bonds. The molecule has 0 aromatic carbocycles. The second kappa shape index (κ2) is 6.62. The average Bonchev–Trinajstić information content (AvgIpc) is 3.00. The first-order valence-electron chi connectivity index (χ1n) is 8.36. The fourth-order valence-corrected chi connectivity index (χ4v) is 3.03. The fraction of sp³-hybridized carbons (Fsp3) is 0.412. The van der Waals surface area contributed by atoms with Gasteiger partial charge in [0.1, 0.15) is 0 Å². The lowest BCUT2D eigenvalue weighted by Crippen LogP contribution is -2.36. The topological polar surface area (TPSA) is 68.4 Å². The second-order valence-corrected chi connectivity index (χ2v) is 6.30. The molecule has 0 aliphatic carbocycles. The molecule has 130 valence electrons. The summed E-state index contributed by atoms with van der Waals surface area (Å²) in [6, 6.07) is 3.76. The monoisotopic (exact) mass is 342 g/mol. The third kappa shape index (κ3) is 3.52. The fourth-order valence-electron chi connectivity index (χ4n) is 3.03. The Morgan fingerprint density at radius 1 is 1.20 bits per heavy atom. The Bertz CT molecular complexity index is 857. The molecule has 0 saturated carbocycles. The van der Waals surface area contributed by atoms with Crippen molar-refractivity contribution in [1.29, 1.82) is 0 Å². The molecule has 3 aromatic rings. The standard InChI is InChI=1S/C17H19FN6O/c1-12-10-24-15(21-12)2-3-16(22-24)25-11-13-4-6-23(7-5-13)17-19-8-14(18)9-20-17/h2-3,8-10,13H,4-7,11H2,1H3. The first-order valence-corrected chi connectivity index (χ1v) is 8.36. The van der Waals surface area contributed by atoms with Crippen LogP contribution in [0.4, 0.5) is 10.3 Å². The summed E-state index contributed by atoms with van der Waals surface area (Å²) < 4.78 is 20.5. The molecule has 7 nitrogen and oxygen atoms in total. The van der Waals surface area contributed by atoms with Gasteiger partial charge in [-0.25, -0.2) is 23.9 Å². The minimum Gasteiger partial charge on any atom is -0.476 e. The SMILES string of the molecule is Cc1cn2nc(OCC3CCN(c4ncc(F)cn4)CC3)ccc2n1. The Kier molecular flexibility index (Phi) is 4.17. The molecular weight excluding hydrogens is 323 g/mol. The molecule has 4 heterocycles. The van der Waals surface area contributed by atoms with Gasteiger partial charge in [-0.15, -0.1) is 5.10 Å². The highest BCUT2D eigenvalue weighted by Gasteiger charge is 2.21. The minimum atomic E-state index is -0.412. The number of ether oxygens (including phenoxy) is 1. The highest BCUT2D eigenvalue weighted by Crippen LogP contribution is 2.21. The summed E-state index contributed by atoms with van der Waals surface area (Å²) in [6.07, 6.45) is 6.25. The smallest absolute Gasteiger partial charge is 0.231 e. The zero-order valence-electron chi connectivity index (χ0n) is 14.0. The first kappa shape index (κ1) is 15.7. The zero-order chi connectivity index (χ0) is 17.2. The summed E-state index contributed by atoms with van der Waals surface area (Å²) in [5, 5.41) is 4.42. The number of anilines is 1. The molecule has 0 bridgehead atoms. The molecule has 0 spiro atoms. The van der Waals surface area contributed by atoms with Crippen molar-refractivity contribution in [2.24, 2.45) is 5.92 Å². The van der Waals surface area contributed by atoms with E-state index in [4.69, 9.17) is 4.74 Å². The van der Waals surface area contributed by atoms with Crippen molar-refractivity contribution in [3.63, 3.8) is 0 Å². The second-order valence-electron chi connectivity index (χ2n) is 6.30. The number of piperidine rings is 1. The lowest BCUT2D eigenvalue weighted by atomic mass is 9.98. The first-order chi connectivity index (χ1) is 12.2. The van der Waals surface area contributed by atoms with Crippen molar-refractivity contribution < 1.29 is 9.13 Å². The maximum atomic E-state index is 12.9. The Morgan fingerprint density at radius 2 is 1.96 bits per heavy atom. The summed E-state index contributed by atoms with van der Waals surface area (Å²) in [7, 11) is 0. The molecule has 1 saturated heterocycles. The van der Waals surface area contributed by atoms with E-state index in [1.807, 2.05) is 25.3 Å². The van der Waals surface area contributed by atoms with Crippen LogP contribution in [0, 0.1) is 18.7 Å². The molecule has 3 aromatic heterocycles. The number of imidazole rings is 1. The van der Waals surface area contributed by atoms with Crippen LogP contribution in [0.2, 0.25) is 0 Å². The summed E-state index contributed by atoms with van der Waals surface area (Å²) in [6.45, 7) is 4.25. The Hall–Kier alpha value is -2.77. The van der Waals surface area contributed by atoms with Gasteiger partial charge in [0.2, 0.25) is 11.8 Å². The number of rotatable bonds is 4. The quantitative estimate of drug-likeness (QED) is 0.724. The predicted molar refractivity (Wildman–Crippen MR) is 90.1 cm³/mol. The van der Waals surface area contributed by atoms with Crippen molar-refractivity contribution in [2.45, 2.75) is 19.8 Å². The van der Waals surface area contributed by atoms with Crippen LogP contribution in [0.5, 0.6) is 5.88 Å².